The molecule has 0 unspecified atom stereocenters. The van der Waals surface area contributed by atoms with E-state index in [1.807, 2.05) is 0 Å². The maximum atomic E-state index is 13.4. The van der Waals surface area contributed by atoms with Gasteiger partial charge in [0.2, 0.25) is 0 Å². The first-order chi connectivity index (χ1) is 15.7. The van der Waals surface area contributed by atoms with E-state index in [1.165, 1.54) is 32.8 Å². The molecule has 2 aliphatic carbocycles. The van der Waals surface area contributed by atoms with Crippen molar-refractivity contribution in [2.45, 2.75) is 64.5 Å². The molecule has 1 aromatic carbocycles. The zero-order chi connectivity index (χ0) is 23.3. The Kier molecular flexibility index (Phi) is 7.36. The number of fused-ring (bicyclic) bond motifs is 2. The van der Waals surface area contributed by atoms with Crippen LogP contribution in [0.25, 0.3) is 0 Å². The third-order valence-electron chi connectivity index (χ3n) is 7.09. The van der Waals surface area contributed by atoms with Gasteiger partial charge in [-0.25, -0.2) is 13.8 Å². The first-order valence-electron chi connectivity index (χ1n) is 11.8. The molecule has 1 saturated heterocycles. The van der Waals surface area contributed by atoms with Crippen LogP contribution in [-0.4, -0.2) is 83.9 Å². The van der Waals surface area contributed by atoms with E-state index in [0.717, 1.165) is 44.2 Å². The summed E-state index contributed by atoms with van der Waals surface area (Å²) in [6.45, 7) is 5.38. The van der Waals surface area contributed by atoms with Gasteiger partial charge in [-0.2, -0.15) is 13.5 Å². The Bertz CT molecular complexity index is 1160. The fraction of sp³-hybridized carbons (Fsp3) is 0.565. The minimum absolute atomic E-state index is 0. The number of hydrogen-bond donors (Lipinski definition) is 2. The molecule has 1 aromatic heterocycles. The van der Waals surface area contributed by atoms with Gasteiger partial charge in [-0.05, 0) is 74.6 Å². The van der Waals surface area contributed by atoms with Crippen LogP contribution in [0.15, 0.2) is 18.5 Å². The molecule has 180 valence electrons. The van der Waals surface area contributed by atoms with Crippen molar-refractivity contribution >= 4 is 57.2 Å². The number of likely N-dealkylation sites (tertiary alicyclic amines) is 1. The number of nitrogens with zero attached hydrogens (tertiary/aromatic N) is 4. The number of carbonyl (C=O) groups excluding carboxylic acids is 1. The van der Waals surface area contributed by atoms with Crippen LogP contribution in [0.2, 0.25) is 0 Å². The molecule has 1 fully saturated rings. The van der Waals surface area contributed by atoms with Crippen molar-refractivity contribution in [3.8, 4) is 0 Å². The van der Waals surface area contributed by atoms with Crippen molar-refractivity contribution in [2.75, 3.05) is 22.7 Å². The third kappa shape index (κ3) is 4.75. The molecular formula is C23H33N6NaO3S. The number of hydrogen-bond acceptors (Lipinski definition) is 5. The van der Waals surface area contributed by atoms with E-state index < -0.39 is 16.2 Å². The van der Waals surface area contributed by atoms with Crippen LogP contribution in [0.5, 0.6) is 0 Å². The van der Waals surface area contributed by atoms with Gasteiger partial charge in [-0.1, -0.05) is 6.07 Å². The van der Waals surface area contributed by atoms with E-state index in [-0.39, 0.29) is 35.6 Å². The summed E-state index contributed by atoms with van der Waals surface area (Å²) in [5, 5.41) is 7.07. The number of nitrogens with one attached hydrogen (secondary N) is 2. The summed E-state index contributed by atoms with van der Waals surface area (Å²) in [6.07, 6.45) is 9.17. The van der Waals surface area contributed by atoms with E-state index in [2.05, 4.69) is 40.0 Å². The SMILES string of the molecule is CC(C)N1CC(N(c2cnn(C)c2)S(=O)(=O)NC(=O)Nc2c3c(cc4c2CCC4)CCC3)C1.[NaH]. The van der Waals surface area contributed by atoms with Crippen LogP contribution < -0.4 is 14.3 Å². The molecule has 9 nitrogen and oxygen atoms in total. The Morgan fingerprint density at radius 2 is 1.74 bits per heavy atom. The number of benzene rings is 1. The summed E-state index contributed by atoms with van der Waals surface area (Å²) in [7, 11) is -2.39. The monoisotopic (exact) mass is 496 g/mol. The molecule has 2 aromatic rings. The van der Waals surface area contributed by atoms with Crippen LogP contribution in [0, 0.1) is 0 Å². The zero-order valence-electron chi connectivity index (χ0n) is 19.5. The van der Waals surface area contributed by atoms with Gasteiger partial charge in [0.25, 0.3) is 0 Å². The summed E-state index contributed by atoms with van der Waals surface area (Å²) in [6, 6.07) is 1.65. The van der Waals surface area contributed by atoms with Gasteiger partial charge in [0, 0.05) is 38.1 Å². The Balaban J connectivity index is 0.00000274. The Labute approximate surface area is 223 Å². The molecule has 5 rings (SSSR count). The number of aryl methyl sites for hydroxylation is 3. The molecule has 0 radical (unpaired) electrons. The second-order valence-electron chi connectivity index (χ2n) is 9.66. The predicted molar refractivity (Wildman–Crippen MR) is 135 cm³/mol. The van der Waals surface area contributed by atoms with Crippen LogP contribution in [0.3, 0.4) is 0 Å². The molecule has 2 heterocycles. The molecule has 34 heavy (non-hydrogen) atoms. The number of aromatic nitrogens is 2. The normalized spacial score (nSPS) is 17.6. The summed E-state index contributed by atoms with van der Waals surface area (Å²) in [4.78, 5) is 15.2. The van der Waals surface area contributed by atoms with Crippen molar-refractivity contribution in [2.24, 2.45) is 7.05 Å². The van der Waals surface area contributed by atoms with Crippen molar-refractivity contribution in [1.29, 1.82) is 0 Å². The predicted octanol–water partition coefficient (Wildman–Crippen LogP) is 1.71. The van der Waals surface area contributed by atoms with Gasteiger partial charge < -0.3 is 5.32 Å². The molecular weight excluding hydrogens is 463 g/mol. The van der Waals surface area contributed by atoms with Crippen molar-refractivity contribution in [3.63, 3.8) is 0 Å². The van der Waals surface area contributed by atoms with Gasteiger partial charge in [-0.15, -0.1) is 0 Å². The fourth-order valence-corrected chi connectivity index (χ4v) is 6.68. The van der Waals surface area contributed by atoms with Gasteiger partial charge in [0.15, 0.2) is 0 Å². The average molecular weight is 497 g/mol. The first kappa shape index (κ1) is 25.5. The maximum absolute atomic E-state index is 13.4. The quantitative estimate of drug-likeness (QED) is 0.594. The second kappa shape index (κ2) is 9.81. The number of amides is 2. The number of carbonyl (C=O) groups is 1. The van der Waals surface area contributed by atoms with E-state index in [0.29, 0.717) is 24.8 Å². The number of anilines is 2. The summed E-state index contributed by atoms with van der Waals surface area (Å²) < 4.78 is 32.0. The van der Waals surface area contributed by atoms with E-state index in [4.69, 9.17) is 0 Å². The Morgan fingerprint density at radius 3 is 2.26 bits per heavy atom. The first-order valence-corrected chi connectivity index (χ1v) is 13.2. The van der Waals surface area contributed by atoms with Crippen molar-refractivity contribution in [3.05, 3.63) is 40.7 Å². The van der Waals surface area contributed by atoms with Crippen LogP contribution in [0.4, 0.5) is 16.2 Å². The summed E-state index contributed by atoms with van der Waals surface area (Å²) >= 11 is 0. The van der Waals surface area contributed by atoms with Gasteiger partial charge in [0.05, 0.1) is 17.9 Å². The van der Waals surface area contributed by atoms with Crippen molar-refractivity contribution < 1.29 is 13.2 Å². The molecule has 1 aliphatic heterocycles. The van der Waals surface area contributed by atoms with E-state index in [9.17, 15) is 13.2 Å². The standard InChI is InChI=1S/C23H32N6O3S.Na.H/c1-15(2)28-13-19(14-28)29(18-11-24-27(3)12-18)33(31,32)26-23(30)25-22-20-8-4-6-16(20)10-17-7-5-9-21(17)22;;/h10-12,15,19H,4-9,13-14H2,1-3H3,(H2,25,26,30);;. The Morgan fingerprint density at radius 1 is 1.12 bits per heavy atom. The average Bonchev–Trinajstić information content (AvgIpc) is 3.43. The minimum atomic E-state index is -4.13. The van der Waals surface area contributed by atoms with Crippen molar-refractivity contribution in [1.82, 2.24) is 19.4 Å². The van der Waals surface area contributed by atoms with Gasteiger partial charge in [-0.3, -0.25) is 9.58 Å². The second-order valence-corrected chi connectivity index (χ2v) is 11.2. The summed E-state index contributed by atoms with van der Waals surface area (Å²) in [5.41, 5.74) is 6.18. The van der Waals surface area contributed by atoms with Crippen LogP contribution in [-0.2, 0) is 42.9 Å². The molecule has 0 spiro atoms. The Hall–Kier alpha value is -1.59. The molecule has 0 bridgehead atoms. The topological polar surface area (TPSA) is 99.6 Å². The summed E-state index contributed by atoms with van der Waals surface area (Å²) in [5.74, 6) is 0. The number of urea groups is 1. The van der Waals surface area contributed by atoms with Gasteiger partial charge in [0.1, 0.15) is 0 Å². The van der Waals surface area contributed by atoms with E-state index in [1.54, 1.807) is 17.9 Å². The molecule has 3 aliphatic rings. The van der Waals surface area contributed by atoms with Crippen LogP contribution >= 0.6 is 0 Å². The molecule has 0 atom stereocenters. The molecule has 0 saturated carbocycles. The van der Waals surface area contributed by atoms with Gasteiger partial charge >= 0.3 is 45.8 Å². The molecule has 2 N–H and O–H groups in total. The molecule has 2 amide bonds. The fourth-order valence-electron chi connectivity index (χ4n) is 5.40. The van der Waals surface area contributed by atoms with E-state index >= 15 is 0 Å². The van der Waals surface area contributed by atoms with Crippen LogP contribution in [0.1, 0.15) is 48.9 Å². The zero-order valence-corrected chi connectivity index (χ0v) is 20.3. The third-order valence-corrected chi connectivity index (χ3v) is 8.56. The number of rotatable bonds is 6. The molecule has 11 heteroatoms.